The molecular formula is C12H14N4O2S. The van der Waals surface area contributed by atoms with Gasteiger partial charge in [-0.15, -0.1) is 0 Å². The van der Waals surface area contributed by atoms with E-state index in [1.807, 2.05) is 32.0 Å². The fourth-order valence-corrected chi connectivity index (χ4v) is 1.85. The van der Waals surface area contributed by atoms with Crippen molar-refractivity contribution in [3.8, 4) is 5.75 Å². The minimum Gasteiger partial charge on any atom is -0.481 e. The maximum atomic E-state index is 11.9. The molecule has 1 N–H and O–H groups in total. The summed E-state index contributed by atoms with van der Waals surface area (Å²) >= 11 is 1.02. The van der Waals surface area contributed by atoms with Crippen LogP contribution in [0, 0.1) is 13.8 Å². The van der Waals surface area contributed by atoms with Crippen LogP contribution in [0.25, 0.3) is 0 Å². The Labute approximate surface area is 115 Å². The molecule has 7 heteroatoms. The summed E-state index contributed by atoms with van der Waals surface area (Å²) in [5.74, 6) is 0.428. The zero-order valence-electron chi connectivity index (χ0n) is 10.9. The van der Waals surface area contributed by atoms with E-state index in [0.717, 1.165) is 22.7 Å². The predicted molar refractivity (Wildman–Crippen MR) is 72.3 cm³/mol. The number of nitrogens with zero attached hydrogens (tertiary/aromatic N) is 3. The van der Waals surface area contributed by atoms with E-state index >= 15 is 0 Å². The molecule has 100 valence electrons. The SMILES string of the molecule is Cc1cccc(OC(C)C(=O)Nc2nnns2)c1C. The number of carbonyl (C=O) groups is 1. The zero-order valence-corrected chi connectivity index (χ0v) is 11.7. The molecule has 0 fully saturated rings. The average Bonchev–Trinajstić information content (AvgIpc) is 2.87. The maximum Gasteiger partial charge on any atom is 0.267 e. The molecule has 2 rings (SSSR count). The number of amides is 1. The van der Waals surface area contributed by atoms with Crippen LogP contribution >= 0.6 is 11.5 Å². The summed E-state index contributed by atoms with van der Waals surface area (Å²) in [5.41, 5.74) is 2.15. The van der Waals surface area contributed by atoms with Crippen LogP contribution in [0.4, 0.5) is 5.13 Å². The molecule has 1 aromatic heterocycles. The molecule has 1 atom stereocenters. The summed E-state index contributed by atoms with van der Waals surface area (Å²) in [5, 5.41) is 10.0. The van der Waals surface area contributed by atoms with E-state index in [4.69, 9.17) is 4.74 Å². The minimum absolute atomic E-state index is 0.278. The van der Waals surface area contributed by atoms with Gasteiger partial charge in [0.2, 0.25) is 5.13 Å². The smallest absolute Gasteiger partial charge is 0.267 e. The van der Waals surface area contributed by atoms with E-state index in [-0.39, 0.29) is 5.91 Å². The van der Waals surface area contributed by atoms with Gasteiger partial charge in [-0.3, -0.25) is 10.1 Å². The predicted octanol–water partition coefficient (Wildman–Crippen LogP) is 1.96. The largest absolute Gasteiger partial charge is 0.481 e. The minimum atomic E-state index is -0.621. The van der Waals surface area contributed by atoms with Crippen molar-refractivity contribution in [2.45, 2.75) is 26.9 Å². The molecule has 0 saturated carbocycles. The van der Waals surface area contributed by atoms with Crippen molar-refractivity contribution in [2.75, 3.05) is 5.32 Å². The monoisotopic (exact) mass is 278 g/mol. The molecule has 0 aliphatic carbocycles. The lowest BCUT2D eigenvalue weighted by Gasteiger charge is -2.16. The Hall–Kier alpha value is -2.02. The number of aryl methyl sites for hydroxylation is 1. The highest BCUT2D eigenvalue weighted by molar-refractivity contribution is 7.09. The molecule has 19 heavy (non-hydrogen) atoms. The lowest BCUT2D eigenvalue weighted by Crippen LogP contribution is -2.30. The van der Waals surface area contributed by atoms with Crippen LogP contribution in [0.1, 0.15) is 18.1 Å². The van der Waals surface area contributed by atoms with Crippen LogP contribution < -0.4 is 10.1 Å². The molecule has 0 spiro atoms. The highest BCUT2D eigenvalue weighted by Crippen LogP contribution is 2.22. The second-order valence-electron chi connectivity index (χ2n) is 4.11. The molecule has 1 aromatic carbocycles. The number of carbonyl (C=O) groups excluding carboxylic acids is 1. The third kappa shape index (κ3) is 3.25. The zero-order chi connectivity index (χ0) is 13.8. The molecule has 1 heterocycles. The van der Waals surface area contributed by atoms with Crippen molar-refractivity contribution in [3.63, 3.8) is 0 Å². The first-order chi connectivity index (χ1) is 9.08. The summed E-state index contributed by atoms with van der Waals surface area (Å²) in [6.45, 7) is 5.65. The Bertz CT molecular complexity index is 571. The highest BCUT2D eigenvalue weighted by atomic mass is 32.1. The van der Waals surface area contributed by atoms with Crippen molar-refractivity contribution in [1.29, 1.82) is 0 Å². The average molecular weight is 278 g/mol. The van der Waals surface area contributed by atoms with E-state index in [1.54, 1.807) is 6.92 Å². The summed E-state index contributed by atoms with van der Waals surface area (Å²) in [6.07, 6.45) is -0.621. The van der Waals surface area contributed by atoms with Crippen molar-refractivity contribution in [2.24, 2.45) is 0 Å². The van der Waals surface area contributed by atoms with E-state index in [9.17, 15) is 4.79 Å². The number of nitrogens with one attached hydrogen (secondary N) is 1. The number of benzene rings is 1. The fraction of sp³-hybridized carbons (Fsp3) is 0.333. The van der Waals surface area contributed by atoms with Gasteiger partial charge in [0.15, 0.2) is 6.10 Å². The molecule has 0 saturated heterocycles. The van der Waals surface area contributed by atoms with Crippen LogP contribution in [0.3, 0.4) is 0 Å². The molecular weight excluding hydrogens is 264 g/mol. The second-order valence-corrected chi connectivity index (χ2v) is 4.85. The molecule has 0 radical (unpaired) electrons. The van der Waals surface area contributed by atoms with Gasteiger partial charge < -0.3 is 4.74 Å². The van der Waals surface area contributed by atoms with Gasteiger partial charge in [-0.1, -0.05) is 21.7 Å². The van der Waals surface area contributed by atoms with Gasteiger partial charge in [-0.2, -0.15) is 0 Å². The molecule has 0 aliphatic rings. The Balaban J connectivity index is 2.02. The van der Waals surface area contributed by atoms with E-state index in [1.165, 1.54) is 0 Å². The molecule has 2 aromatic rings. The van der Waals surface area contributed by atoms with E-state index in [2.05, 4.69) is 20.1 Å². The van der Waals surface area contributed by atoms with Gasteiger partial charge in [0.1, 0.15) is 5.75 Å². The van der Waals surface area contributed by atoms with Crippen LogP contribution in [-0.2, 0) is 4.79 Å². The molecule has 1 amide bonds. The lowest BCUT2D eigenvalue weighted by atomic mass is 10.1. The van der Waals surface area contributed by atoms with Crippen LogP contribution in [0.5, 0.6) is 5.75 Å². The van der Waals surface area contributed by atoms with Gasteiger partial charge >= 0.3 is 0 Å². The van der Waals surface area contributed by atoms with Gasteiger partial charge in [-0.25, -0.2) is 0 Å². The number of hydrogen-bond acceptors (Lipinski definition) is 6. The molecule has 6 nitrogen and oxygen atoms in total. The summed E-state index contributed by atoms with van der Waals surface area (Å²) in [6, 6.07) is 5.75. The maximum absolute atomic E-state index is 11.9. The van der Waals surface area contributed by atoms with Gasteiger partial charge in [-0.05, 0) is 43.2 Å². The summed E-state index contributed by atoms with van der Waals surface area (Å²) in [7, 11) is 0. The van der Waals surface area contributed by atoms with Gasteiger partial charge in [0.05, 0.1) is 0 Å². The second kappa shape index (κ2) is 5.75. The Morgan fingerprint density at radius 1 is 1.42 bits per heavy atom. The van der Waals surface area contributed by atoms with Crippen molar-refractivity contribution in [1.82, 2.24) is 14.8 Å². The number of aromatic nitrogens is 3. The third-order valence-electron chi connectivity index (χ3n) is 2.76. The van der Waals surface area contributed by atoms with Gasteiger partial charge in [0, 0.05) is 11.5 Å². The topological polar surface area (TPSA) is 77.0 Å². The number of ether oxygens (including phenoxy) is 1. The van der Waals surface area contributed by atoms with Gasteiger partial charge in [0.25, 0.3) is 5.91 Å². The molecule has 1 unspecified atom stereocenters. The standard InChI is InChI=1S/C12H14N4O2S/c1-7-5-4-6-10(8(7)2)18-9(3)11(17)13-12-14-15-16-19-12/h4-6,9H,1-3H3,(H,13,14,16,17). The first-order valence-corrected chi connectivity index (χ1v) is 6.54. The quantitative estimate of drug-likeness (QED) is 0.925. The van der Waals surface area contributed by atoms with E-state index in [0.29, 0.717) is 10.9 Å². The normalized spacial score (nSPS) is 11.9. The van der Waals surface area contributed by atoms with Crippen LogP contribution in [0.15, 0.2) is 18.2 Å². The number of hydrogen-bond donors (Lipinski definition) is 1. The third-order valence-corrected chi connectivity index (χ3v) is 3.27. The van der Waals surface area contributed by atoms with Crippen LogP contribution in [-0.4, -0.2) is 26.8 Å². The van der Waals surface area contributed by atoms with Crippen molar-refractivity contribution < 1.29 is 9.53 Å². The lowest BCUT2D eigenvalue weighted by molar-refractivity contribution is -0.122. The summed E-state index contributed by atoms with van der Waals surface area (Å²) < 4.78 is 9.23. The summed E-state index contributed by atoms with van der Waals surface area (Å²) in [4.78, 5) is 11.9. The van der Waals surface area contributed by atoms with Crippen molar-refractivity contribution >= 4 is 22.6 Å². The Kier molecular flexibility index (Phi) is 4.06. The fourth-order valence-electron chi connectivity index (χ4n) is 1.48. The number of anilines is 1. The van der Waals surface area contributed by atoms with E-state index < -0.39 is 6.10 Å². The first-order valence-electron chi connectivity index (χ1n) is 5.76. The highest BCUT2D eigenvalue weighted by Gasteiger charge is 2.17. The first kappa shape index (κ1) is 13.4. The Morgan fingerprint density at radius 3 is 2.89 bits per heavy atom. The molecule has 0 bridgehead atoms. The molecule has 0 aliphatic heterocycles. The number of rotatable bonds is 4. The Morgan fingerprint density at radius 2 is 2.21 bits per heavy atom. The van der Waals surface area contributed by atoms with Crippen molar-refractivity contribution in [3.05, 3.63) is 29.3 Å². The van der Waals surface area contributed by atoms with Crippen LogP contribution in [0.2, 0.25) is 0 Å².